The zero-order valence-corrected chi connectivity index (χ0v) is 18.5. The number of nitrogens with zero attached hydrogens (tertiary/aromatic N) is 3. The predicted octanol–water partition coefficient (Wildman–Crippen LogP) is 4.76. The van der Waals surface area contributed by atoms with Crippen LogP contribution in [0.25, 0.3) is 0 Å². The molecule has 2 aromatic carbocycles. The second-order valence-corrected chi connectivity index (χ2v) is 8.00. The Bertz CT molecular complexity index is 1030. The fourth-order valence-corrected chi connectivity index (χ4v) is 3.78. The van der Waals surface area contributed by atoms with Crippen LogP contribution < -0.4 is 10.1 Å². The third kappa shape index (κ3) is 5.64. The van der Waals surface area contributed by atoms with Crippen LogP contribution in [0.15, 0.2) is 60.3 Å². The number of amides is 1. The van der Waals surface area contributed by atoms with Gasteiger partial charge in [-0.15, -0.1) is 16.8 Å². The molecule has 3 rings (SSSR count). The van der Waals surface area contributed by atoms with Crippen LogP contribution in [0.4, 0.5) is 5.69 Å². The van der Waals surface area contributed by atoms with Crippen molar-refractivity contribution in [2.24, 2.45) is 0 Å². The lowest BCUT2D eigenvalue weighted by molar-refractivity contribution is -0.113. The molecule has 1 heterocycles. The minimum absolute atomic E-state index is 0.129. The van der Waals surface area contributed by atoms with E-state index in [0.717, 1.165) is 22.7 Å². The first kappa shape index (κ1) is 21.9. The minimum atomic E-state index is -0.129. The summed E-state index contributed by atoms with van der Waals surface area (Å²) in [6.45, 7) is 6.31. The summed E-state index contributed by atoms with van der Waals surface area (Å²) in [5.74, 6) is 1.71. The van der Waals surface area contributed by atoms with Gasteiger partial charge in [-0.1, -0.05) is 47.6 Å². The zero-order valence-electron chi connectivity index (χ0n) is 16.9. The number of hydrogen-bond donors (Lipinski definition) is 1. The van der Waals surface area contributed by atoms with Gasteiger partial charge in [0.1, 0.15) is 11.6 Å². The van der Waals surface area contributed by atoms with E-state index in [0.29, 0.717) is 28.8 Å². The maximum atomic E-state index is 12.4. The molecule has 8 heteroatoms. The first-order chi connectivity index (χ1) is 14.5. The second kappa shape index (κ2) is 10.3. The Hall–Kier alpha value is -2.77. The first-order valence-electron chi connectivity index (χ1n) is 9.35. The summed E-state index contributed by atoms with van der Waals surface area (Å²) in [5, 5.41) is 12.8. The summed E-state index contributed by atoms with van der Waals surface area (Å²) < 4.78 is 7.17. The Morgan fingerprint density at radius 1 is 1.27 bits per heavy atom. The number of allylic oxidation sites excluding steroid dienone is 1. The molecular weight excluding hydrogens is 420 g/mol. The molecule has 0 fully saturated rings. The van der Waals surface area contributed by atoms with Gasteiger partial charge in [-0.05, 0) is 42.3 Å². The number of nitrogens with one attached hydrogen (secondary N) is 1. The highest BCUT2D eigenvalue weighted by Crippen LogP contribution is 2.23. The van der Waals surface area contributed by atoms with E-state index in [2.05, 4.69) is 22.1 Å². The van der Waals surface area contributed by atoms with Crippen molar-refractivity contribution in [3.8, 4) is 5.75 Å². The SMILES string of the molecule is C=CCn1c(Cc2ccc(OC)cc2)nnc1SCC(=O)Nc1cc(Cl)ccc1C. The summed E-state index contributed by atoms with van der Waals surface area (Å²) in [4.78, 5) is 12.4. The van der Waals surface area contributed by atoms with Crippen molar-refractivity contribution >= 4 is 35.0 Å². The van der Waals surface area contributed by atoms with Crippen LogP contribution in [0.2, 0.25) is 5.02 Å². The number of thioether (sulfide) groups is 1. The monoisotopic (exact) mass is 442 g/mol. The fraction of sp³-hybridized carbons (Fsp3) is 0.227. The number of carbonyl (C=O) groups excluding carboxylic acids is 1. The predicted molar refractivity (Wildman–Crippen MR) is 122 cm³/mol. The topological polar surface area (TPSA) is 69.0 Å². The Labute approximate surface area is 185 Å². The highest BCUT2D eigenvalue weighted by atomic mass is 35.5. The average molecular weight is 443 g/mol. The number of benzene rings is 2. The molecule has 0 saturated carbocycles. The number of hydrogen-bond acceptors (Lipinski definition) is 5. The molecule has 0 unspecified atom stereocenters. The molecule has 0 atom stereocenters. The van der Waals surface area contributed by atoms with Crippen LogP contribution in [0.5, 0.6) is 5.75 Å². The van der Waals surface area contributed by atoms with Gasteiger partial charge in [0.05, 0.1) is 12.9 Å². The second-order valence-electron chi connectivity index (χ2n) is 6.62. The van der Waals surface area contributed by atoms with Crippen molar-refractivity contribution in [2.75, 3.05) is 18.2 Å². The molecule has 0 aliphatic heterocycles. The van der Waals surface area contributed by atoms with Gasteiger partial charge in [0.25, 0.3) is 0 Å². The lowest BCUT2D eigenvalue weighted by atomic mass is 10.1. The summed E-state index contributed by atoms with van der Waals surface area (Å²) in [6.07, 6.45) is 2.42. The molecule has 156 valence electrons. The van der Waals surface area contributed by atoms with Gasteiger partial charge in [0, 0.05) is 23.7 Å². The van der Waals surface area contributed by atoms with Crippen molar-refractivity contribution in [1.29, 1.82) is 0 Å². The van der Waals surface area contributed by atoms with E-state index < -0.39 is 0 Å². The van der Waals surface area contributed by atoms with E-state index in [1.807, 2.05) is 41.8 Å². The van der Waals surface area contributed by atoms with Crippen LogP contribution in [0.3, 0.4) is 0 Å². The molecule has 3 aromatic rings. The fourth-order valence-electron chi connectivity index (χ4n) is 2.84. The molecule has 0 radical (unpaired) electrons. The maximum absolute atomic E-state index is 12.4. The third-order valence-electron chi connectivity index (χ3n) is 4.43. The molecule has 1 N–H and O–H groups in total. The molecule has 0 aliphatic carbocycles. The number of rotatable bonds is 9. The number of aromatic nitrogens is 3. The van der Waals surface area contributed by atoms with Gasteiger partial charge in [-0.2, -0.15) is 0 Å². The normalized spacial score (nSPS) is 10.6. The molecule has 0 spiro atoms. The number of carbonyl (C=O) groups is 1. The average Bonchev–Trinajstić information content (AvgIpc) is 3.11. The lowest BCUT2D eigenvalue weighted by Gasteiger charge is -2.10. The number of ether oxygens (including phenoxy) is 1. The van der Waals surface area contributed by atoms with Crippen molar-refractivity contribution in [1.82, 2.24) is 14.8 Å². The Kier molecular flexibility index (Phi) is 7.54. The van der Waals surface area contributed by atoms with Crippen molar-refractivity contribution in [3.05, 3.63) is 77.1 Å². The van der Waals surface area contributed by atoms with Gasteiger partial charge >= 0.3 is 0 Å². The highest BCUT2D eigenvalue weighted by molar-refractivity contribution is 7.99. The van der Waals surface area contributed by atoms with Crippen LogP contribution in [-0.2, 0) is 17.8 Å². The minimum Gasteiger partial charge on any atom is -0.497 e. The van der Waals surface area contributed by atoms with Crippen molar-refractivity contribution in [2.45, 2.75) is 25.0 Å². The molecule has 0 bridgehead atoms. The summed E-state index contributed by atoms with van der Waals surface area (Å²) in [7, 11) is 1.64. The smallest absolute Gasteiger partial charge is 0.234 e. The van der Waals surface area contributed by atoms with Crippen LogP contribution in [-0.4, -0.2) is 33.5 Å². The van der Waals surface area contributed by atoms with Gasteiger partial charge < -0.3 is 14.6 Å². The van der Waals surface area contributed by atoms with Crippen LogP contribution in [0, 0.1) is 6.92 Å². The van der Waals surface area contributed by atoms with Crippen LogP contribution in [0.1, 0.15) is 17.0 Å². The first-order valence-corrected chi connectivity index (χ1v) is 10.7. The number of aryl methyl sites for hydroxylation is 1. The van der Waals surface area contributed by atoms with E-state index in [4.69, 9.17) is 16.3 Å². The Morgan fingerprint density at radius 3 is 2.73 bits per heavy atom. The van der Waals surface area contributed by atoms with E-state index in [9.17, 15) is 4.79 Å². The van der Waals surface area contributed by atoms with E-state index in [-0.39, 0.29) is 11.7 Å². The third-order valence-corrected chi connectivity index (χ3v) is 5.63. The maximum Gasteiger partial charge on any atom is 0.234 e. The largest absolute Gasteiger partial charge is 0.497 e. The summed E-state index contributed by atoms with van der Waals surface area (Å²) in [6, 6.07) is 13.2. The quantitative estimate of drug-likeness (QED) is 0.382. The lowest BCUT2D eigenvalue weighted by Crippen LogP contribution is -2.15. The number of anilines is 1. The highest BCUT2D eigenvalue weighted by Gasteiger charge is 2.14. The Balaban J connectivity index is 1.67. The van der Waals surface area contributed by atoms with E-state index in [1.54, 1.807) is 25.3 Å². The molecule has 0 aliphatic rings. The number of methoxy groups -OCH3 is 1. The van der Waals surface area contributed by atoms with Crippen molar-refractivity contribution < 1.29 is 9.53 Å². The standard InChI is InChI=1S/C22H23ClN4O2S/c1-4-11-27-20(12-16-6-9-18(29-3)10-7-16)25-26-22(27)30-14-21(28)24-19-13-17(23)8-5-15(19)2/h4-10,13H,1,11-12,14H2,2-3H3,(H,24,28). The summed E-state index contributed by atoms with van der Waals surface area (Å²) in [5.41, 5.74) is 2.76. The molecule has 1 amide bonds. The molecule has 6 nitrogen and oxygen atoms in total. The zero-order chi connectivity index (χ0) is 21.5. The van der Waals surface area contributed by atoms with E-state index >= 15 is 0 Å². The van der Waals surface area contributed by atoms with Crippen LogP contribution >= 0.6 is 23.4 Å². The molecule has 30 heavy (non-hydrogen) atoms. The van der Waals surface area contributed by atoms with Gasteiger partial charge in [0.15, 0.2) is 5.16 Å². The van der Waals surface area contributed by atoms with Gasteiger partial charge in [-0.25, -0.2) is 0 Å². The van der Waals surface area contributed by atoms with Crippen molar-refractivity contribution in [3.63, 3.8) is 0 Å². The van der Waals surface area contributed by atoms with Gasteiger partial charge in [-0.3, -0.25) is 4.79 Å². The number of halogens is 1. The molecular formula is C22H23ClN4O2S. The van der Waals surface area contributed by atoms with E-state index in [1.165, 1.54) is 11.8 Å². The molecule has 0 saturated heterocycles. The Morgan fingerprint density at radius 2 is 2.03 bits per heavy atom. The molecule has 1 aromatic heterocycles. The summed E-state index contributed by atoms with van der Waals surface area (Å²) >= 11 is 7.36. The van der Waals surface area contributed by atoms with Gasteiger partial charge in [0.2, 0.25) is 5.91 Å².